The van der Waals surface area contributed by atoms with Crippen LogP contribution in [0.2, 0.25) is 0 Å². The number of amides is 2. The number of benzene rings is 2. The van der Waals surface area contributed by atoms with Crippen LogP contribution < -0.4 is 15.8 Å². The van der Waals surface area contributed by atoms with Gasteiger partial charge in [0.05, 0.1) is 0 Å². The SMILES string of the molecule is CCC(Oc1ccccc1C)C(=O)Nc1ccc(C(N)=O)cc1. The molecule has 0 bridgehead atoms. The molecule has 2 amide bonds. The molecule has 5 nitrogen and oxygen atoms in total. The smallest absolute Gasteiger partial charge is 0.265 e. The Morgan fingerprint density at radius 2 is 1.78 bits per heavy atom. The molecular formula is C18H20N2O3. The number of hydrogen-bond donors (Lipinski definition) is 2. The average molecular weight is 312 g/mol. The molecule has 5 heteroatoms. The first kappa shape index (κ1) is 16.5. The van der Waals surface area contributed by atoms with Crippen LogP contribution in [0.15, 0.2) is 48.5 Å². The van der Waals surface area contributed by atoms with Gasteiger partial charge in [-0.1, -0.05) is 25.1 Å². The van der Waals surface area contributed by atoms with E-state index in [4.69, 9.17) is 10.5 Å². The van der Waals surface area contributed by atoms with Gasteiger partial charge in [0.1, 0.15) is 5.75 Å². The van der Waals surface area contributed by atoms with Crippen molar-refractivity contribution in [3.63, 3.8) is 0 Å². The molecule has 0 aromatic heterocycles. The number of aryl methyl sites for hydroxylation is 1. The van der Waals surface area contributed by atoms with Gasteiger partial charge in [0.15, 0.2) is 6.10 Å². The fourth-order valence-electron chi connectivity index (χ4n) is 2.10. The van der Waals surface area contributed by atoms with Crippen LogP contribution in [0.3, 0.4) is 0 Å². The highest BCUT2D eigenvalue weighted by molar-refractivity contribution is 5.96. The van der Waals surface area contributed by atoms with E-state index in [1.807, 2.05) is 38.1 Å². The number of nitrogens with one attached hydrogen (secondary N) is 1. The van der Waals surface area contributed by atoms with Crippen molar-refractivity contribution < 1.29 is 14.3 Å². The normalized spacial score (nSPS) is 11.6. The van der Waals surface area contributed by atoms with E-state index < -0.39 is 12.0 Å². The predicted octanol–water partition coefficient (Wildman–Crippen LogP) is 2.89. The highest BCUT2D eigenvalue weighted by Crippen LogP contribution is 2.19. The zero-order chi connectivity index (χ0) is 16.8. The summed E-state index contributed by atoms with van der Waals surface area (Å²) in [5, 5.41) is 2.78. The maximum absolute atomic E-state index is 12.4. The van der Waals surface area contributed by atoms with Crippen molar-refractivity contribution in [2.45, 2.75) is 26.4 Å². The first-order valence-corrected chi connectivity index (χ1v) is 7.44. The lowest BCUT2D eigenvalue weighted by atomic mass is 10.2. The number of rotatable bonds is 6. The number of primary amides is 1. The van der Waals surface area contributed by atoms with Crippen LogP contribution in [-0.2, 0) is 4.79 Å². The van der Waals surface area contributed by atoms with Crippen LogP contribution >= 0.6 is 0 Å². The van der Waals surface area contributed by atoms with E-state index in [0.717, 1.165) is 5.56 Å². The highest BCUT2D eigenvalue weighted by atomic mass is 16.5. The highest BCUT2D eigenvalue weighted by Gasteiger charge is 2.19. The Morgan fingerprint density at radius 3 is 2.35 bits per heavy atom. The number of ether oxygens (including phenoxy) is 1. The molecule has 0 heterocycles. The number of hydrogen-bond acceptors (Lipinski definition) is 3. The van der Waals surface area contributed by atoms with Crippen molar-refractivity contribution in [3.05, 3.63) is 59.7 Å². The molecule has 3 N–H and O–H groups in total. The van der Waals surface area contributed by atoms with Gasteiger partial charge < -0.3 is 15.8 Å². The second-order valence-electron chi connectivity index (χ2n) is 5.21. The summed E-state index contributed by atoms with van der Waals surface area (Å²) in [5.74, 6) is -0.0432. The quantitative estimate of drug-likeness (QED) is 0.860. The molecule has 0 spiro atoms. The van der Waals surface area contributed by atoms with Gasteiger partial charge >= 0.3 is 0 Å². The third-order valence-electron chi connectivity index (χ3n) is 3.46. The van der Waals surface area contributed by atoms with Crippen molar-refractivity contribution in [3.8, 4) is 5.75 Å². The Hall–Kier alpha value is -2.82. The van der Waals surface area contributed by atoms with E-state index in [2.05, 4.69) is 5.32 Å². The summed E-state index contributed by atoms with van der Waals surface area (Å²) in [5.41, 5.74) is 7.15. The number of nitrogens with two attached hydrogens (primary N) is 1. The molecule has 0 radical (unpaired) electrons. The Balaban J connectivity index is 2.05. The average Bonchev–Trinajstić information content (AvgIpc) is 2.54. The Labute approximate surface area is 135 Å². The van der Waals surface area contributed by atoms with E-state index in [0.29, 0.717) is 23.4 Å². The summed E-state index contributed by atoms with van der Waals surface area (Å²) in [4.78, 5) is 23.4. The lowest BCUT2D eigenvalue weighted by Crippen LogP contribution is -2.32. The zero-order valence-electron chi connectivity index (χ0n) is 13.2. The Kier molecular flexibility index (Phi) is 5.36. The summed E-state index contributed by atoms with van der Waals surface area (Å²) in [6, 6.07) is 14.0. The molecule has 0 saturated heterocycles. The molecule has 23 heavy (non-hydrogen) atoms. The molecular weight excluding hydrogens is 292 g/mol. The number of para-hydroxylation sites is 1. The predicted molar refractivity (Wildman–Crippen MR) is 89.5 cm³/mol. The summed E-state index contributed by atoms with van der Waals surface area (Å²) >= 11 is 0. The molecule has 1 unspecified atom stereocenters. The van der Waals surface area contributed by atoms with Crippen LogP contribution in [-0.4, -0.2) is 17.9 Å². The van der Waals surface area contributed by atoms with E-state index in [1.165, 1.54) is 0 Å². The molecule has 0 fully saturated rings. The van der Waals surface area contributed by atoms with E-state index in [-0.39, 0.29) is 5.91 Å². The van der Waals surface area contributed by atoms with Gasteiger partial charge in [-0.05, 0) is 49.2 Å². The van der Waals surface area contributed by atoms with Gasteiger partial charge in [-0.15, -0.1) is 0 Å². The van der Waals surface area contributed by atoms with Crippen molar-refractivity contribution >= 4 is 17.5 Å². The fourth-order valence-corrected chi connectivity index (χ4v) is 2.10. The minimum Gasteiger partial charge on any atom is -0.480 e. The van der Waals surface area contributed by atoms with Crippen LogP contribution in [0.5, 0.6) is 5.75 Å². The first-order chi connectivity index (χ1) is 11.0. The van der Waals surface area contributed by atoms with Crippen LogP contribution in [0.1, 0.15) is 29.3 Å². The van der Waals surface area contributed by atoms with E-state index >= 15 is 0 Å². The first-order valence-electron chi connectivity index (χ1n) is 7.44. The molecule has 0 aliphatic rings. The summed E-state index contributed by atoms with van der Waals surface area (Å²) in [7, 11) is 0. The summed E-state index contributed by atoms with van der Waals surface area (Å²) in [6.45, 7) is 3.82. The van der Waals surface area contributed by atoms with Crippen molar-refractivity contribution in [1.29, 1.82) is 0 Å². The lowest BCUT2D eigenvalue weighted by molar-refractivity contribution is -0.122. The van der Waals surface area contributed by atoms with Crippen LogP contribution in [0.25, 0.3) is 0 Å². The van der Waals surface area contributed by atoms with Crippen molar-refractivity contribution in [2.24, 2.45) is 5.73 Å². The number of carbonyl (C=O) groups excluding carboxylic acids is 2. The van der Waals surface area contributed by atoms with Gasteiger partial charge in [-0.2, -0.15) is 0 Å². The lowest BCUT2D eigenvalue weighted by Gasteiger charge is -2.18. The molecule has 2 aromatic rings. The topological polar surface area (TPSA) is 81.4 Å². The Bertz CT molecular complexity index is 696. The van der Waals surface area contributed by atoms with E-state index in [1.54, 1.807) is 24.3 Å². The molecule has 0 saturated carbocycles. The van der Waals surface area contributed by atoms with Crippen LogP contribution in [0, 0.1) is 6.92 Å². The third kappa shape index (κ3) is 4.32. The van der Waals surface area contributed by atoms with Gasteiger partial charge in [-0.3, -0.25) is 9.59 Å². The maximum atomic E-state index is 12.4. The molecule has 2 aromatic carbocycles. The summed E-state index contributed by atoms with van der Waals surface area (Å²) in [6.07, 6.45) is -0.0496. The van der Waals surface area contributed by atoms with Crippen molar-refractivity contribution in [1.82, 2.24) is 0 Å². The van der Waals surface area contributed by atoms with Gasteiger partial charge in [-0.25, -0.2) is 0 Å². The molecule has 0 aliphatic heterocycles. The molecule has 2 rings (SSSR count). The molecule has 1 atom stereocenters. The van der Waals surface area contributed by atoms with Gasteiger partial charge in [0.25, 0.3) is 5.91 Å². The number of anilines is 1. The largest absolute Gasteiger partial charge is 0.480 e. The molecule has 0 aliphatic carbocycles. The second kappa shape index (κ2) is 7.45. The maximum Gasteiger partial charge on any atom is 0.265 e. The summed E-state index contributed by atoms with van der Waals surface area (Å²) < 4.78 is 5.80. The number of carbonyl (C=O) groups is 2. The zero-order valence-corrected chi connectivity index (χ0v) is 13.2. The van der Waals surface area contributed by atoms with E-state index in [9.17, 15) is 9.59 Å². The Morgan fingerprint density at radius 1 is 1.13 bits per heavy atom. The second-order valence-corrected chi connectivity index (χ2v) is 5.21. The standard InChI is InChI=1S/C18H20N2O3/c1-3-15(23-16-7-5-4-6-12(16)2)18(22)20-14-10-8-13(9-11-14)17(19)21/h4-11,15H,3H2,1-2H3,(H2,19,21)(H,20,22). The minimum absolute atomic E-state index is 0.234. The van der Waals surface area contributed by atoms with Gasteiger partial charge in [0, 0.05) is 11.3 Å². The minimum atomic E-state index is -0.591. The molecule has 120 valence electrons. The van der Waals surface area contributed by atoms with Crippen LogP contribution in [0.4, 0.5) is 5.69 Å². The van der Waals surface area contributed by atoms with Gasteiger partial charge in [0.2, 0.25) is 5.91 Å². The third-order valence-corrected chi connectivity index (χ3v) is 3.46. The monoisotopic (exact) mass is 312 g/mol. The van der Waals surface area contributed by atoms with Crippen molar-refractivity contribution in [2.75, 3.05) is 5.32 Å². The fraction of sp³-hybridized carbons (Fsp3) is 0.222.